The number of aliphatic carboxylic acids is 1. The molecule has 108 valence electrons. The molecular weight excluding hydrogens is 282 g/mol. The number of thioether (sulfide) groups is 1. The molecule has 0 aliphatic heterocycles. The molecule has 3 nitrogen and oxygen atoms in total. The number of rotatable bonds is 7. The van der Waals surface area contributed by atoms with Crippen LogP contribution in [0.2, 0.25) is 0 Å². The van der Waals surface area contributed by atoms with Crippen molar-refractivity contribution in [1.82, 2.24) is 0 Å². The lowest BCUT2D eigenvalue weighted by molar-refractivity contribution is -0.132. The Bertz CT molecular complexity index is 592. The summed E-state index contributed by atoms with van der Waals surface area (Å²) >= 11 is 1.84. The van der Waals surface area contributed by atoms with Gasteiger partial charge in [0.1, 0.15) is 11.6 Å². The molecule has 0 amide bonds. The van der Waals surface area contributed by atoms with Crippen LogP contribution in [0.1, 0.15) is 18.9 Å². The van der Waals surface area contributed by atoms with Crippen molar-refractivity contribution in [2.75, 3.05) is 5.75 Å². The molecule has 0 spiro atoms. The maximum Gasteiger partial charge on any atom is 0.346 e. The third-order valence-corrected chi connectivity index (χ3v) is 3.70. The van der Waals surface area contributed by atoms with Crippen molar-refractivity contribution in [2.45, 2.75) is 18.2 Å². The number of carboxylic acid groups (broad SMARTS) is 1. The van der Waals surface area contributed by atoms with Crippen molar-refractivity contribution in [1.29, 1.82) is 5.26 Å². The number of hydrogen-bond donors (Lipinski definition) is 1. The largest absolute Gasteiger partial charge is 0.477 e. The summed E-state index contributed by atoms with van der Waals surface area (Å²) in [4.78, 5) is 11.8. The van der Waals surface area contributed by atoms with Gasteiger partial charge in [-0.2, -0.15) is 5.26 Å². The summed E-state index contributed by atoms with van der Waals surface area (Å²) in [5.41, 5.74) is 0.792. The van der Waals surface area contributed by atoms with Gasteiger partial charge in [0.15, 0.2) is 0 Å². The first-order valence-electron chi connectivity index (χ1n) is 6.58. The average Bonchev–Trinajstić information content (AvgIpc) is 2.49. The molecule has 0 saturated carbocycles. The number of carbonyl (C=O) groups is 1. The number of allylic oxidation sites excluding steroid dienone is 4. The van der Waals surface area contributed by atoms with E-state index in [2.05, 4.69) is 19.1 Å². The van der Waals surface area contributed by atoms with E-state index in [9.17, 15) is 4.79 Å². The molecule has 1 aromatic carbocycles. The molecular formula is C17H17NO2S. The molecule has 0 heterocycles. The van der Waals surface area contributed by atoms with Crippen LogP contribution in [0.25, 0.3) is 6.08 Å². The lowest BCUT2D eigenvalue weighted by atomic mass is 10.2. The van der Waals surface area contributed by atoms with Crippen LogP contribution in [0.5, 0.6) is 0 Å². The molecule has 21 heavy (non-hydrogen) atoms. The number of nitriles is 1. The van der Waals surface area contributed by atoms with Crippen LogP contribution in [-0.4, -0.2) is 16.8 Å². The first-order chi connectivity index (χ1) is 10.2. The molecule has 0 unspecified atom stereocenters. The second-order valence-electron chi connectivity index (χ2n) is 4.16. The molecule has 0 aromatic heterocycles. The molecule has 1 rings (SSSR count). The topological polar surface area (TPSA) is 61.1 Å². The molecule has 0 bridgehead atoms. The van der Waals surface area contributed by atoms with E-state index >= 15 is 0 Å². The Hall–Kier alpha value is -2.25. The van der Waals surface area contributed by atoms with Crippen molar-refractivity contribution in [3.63, 3.8) is 0 Å². The molecule has 0 aliphatic rings. The van der Waals surface area contributed by atoms with Crippen LogP contribution in [0.15, 0.2) is 59.0 Å². The van der Waals surface area contributed by atoms with Crippen LogP contribution >= 0.6 is 11.8 Å². The lowest BCUT2D eigenvalue weighted by Crippen LogP contribution is -1.96. The monoisotopic (exact) mass is 299 g/mol. The Morgan fingerprint density at radius 3 is 2.57 bits per heavy atom. The third kappa shape index (κ3) is 6.64. The highest BCUT2D eigenvalue weighted by atomic mass is 32.2. The maximum absolute atomic E-state index is 10.6. The number of nitrogens with zero attached hydrogens (tertiary/aromatic N) is 1. The standard InChI is InChI=1S/C17H17NO2S/c1-2-12-21-16-10-8-14(9-11-16)6-4-3-5-7-15(13-18)17(19)20/h3-11H,2,12H2,1H3,(H,19,20)/b5-3+,6-4+,15-7+. The zero-order chi connectivity index (χ0) is 15.5. The Balaban J connectivity index is 2.57. The maximum atomic E-state index is 10.6. The van der Waals surface area contributed by atoms with Gasteiger partial charge in [-0.05, 0) is 35.9 Å². The number of hydrogen-bond acceptors (Lipinski definition) is 3. The Labute approximate surface area is 129 Å². The predicted octanol–water partition coefficient (Wildman–Crippen LogP) is 4.29. The van der Waals surface area contributed by atoms with Crippen molar-refractivity contribution in [3.8, 4) is 6.07 Å². The quantitative estimate of drug-likeness (QED) is 0.353. The second-order valence-corrected chi connectivity index (χ2v) is 5.33. The second kappa shape index (κ2) is 9.62. The summed E-state index contributed by atoms with van der Waals surface area (Å²) in [7, 11) is 0. The molecule has 0 saturated heterocycles. The van der Waals surface area contributed by atoms with Gasteiger partial charge in [-0.15, -0.1) is 11.8 Å². The van der Waals surface area contributed by atoms with Gasteiger partial charge in [0.25, 0.3) is 0 Å². The summed E-state index contributed by atoms with van der Waals surface area (Å²) in [6.45, 7) is 2.16. The molecule has 1 N–H and O–H groups in total. The van der Waals surface area contributed by atoms with E-state index in [1.807, 2.05) is 36.0 Å². The van der Waals surface area contributed by atoms with Gasteiger partial charge in [-0.1, -0.05) is 43.4 Å². The van der Waals surface area contributed by atoms with Gasteiger partial charge in [0, 0.05) is 4.90 Å². The van der Waals surface area contributed by atoms with Crippen LogP contribution < -0.4 is 0 Å². The summed E-state index contributed by atoms with van der Waals surface area (Å²) in [5.74, 6) is -0.0963. The molecule has 0 atom stereocenters. The summed E-state index contributed by atoms with van der Waals surface area (Å²) in [5, 5.41) is 17.2. The van der Waals surface area contributed by atoms with Crippen LogP contribution in [0, 0.1) is 11.3 Å². The first kappa shape index (κ1) is 16.8. The lowest BCUT2D eigenvalue weighted by Gasteiger charge is -1.99. The Morgan fingerprint density at radius 2 is 2.00 bits per heavy atom. The number of carboxylic acids is 1. The van der Waals surface area contributed by atoms with E-state index < -0.39 is 5.97 Å². The van der Waals surface area contributed by atoms with Crippen molar-refractivity contribution in [3.05, 3.63) is 59.7 Å². The van der Waals surface area contributed by atoms with Gasteiger partial charge in [0.2, 0.25) is 0 Å². The van der Waals surface area contributed by atoms with E-state index in [-0.39, 0.29) is 5.57 Å². The SMILES string of the molecule is CCCSc1ccc(/C=C/C=C/C=C(\C#N)C(=O)O)cc1. The number of benzene rings is 1. The third-order valence-electron chi connectivity index (χ3n) is 2.48. The minimum atomic E-state index is -1.22. The highest BCUT2D eigenvalue weighted by molar-refractivity contribution is 7.99. The molecule has 0 radical (unpaired) electrons. The molecule has 0 aliphatic carbocycles. The van der Waals surface area contributed by atoms with E-state index in [1.54, 1.807) is 12.1 Å². The molecule has 1 aromatic rings. The average molecular weight is 299 g/mol. The van der Waals surface area contributed by atoms with Gasteiger partial charge in [-0.25, -0.2) is 4.79 Å². The normalized spacial score (nSPS) is 11.9. The fraction of sp³-hybridized carbons (Fsp3) is 0.176. The first-order valence-corrected chi connectivity index (χ1v) is 7.57. The van der Waals surface area contributed by atoms with Crippen LogP contribution in [0.4, 0.5) is 0 Å². The summed E-state index contributed by atoms with van der Waals surface area (Å²) < 4.78 is 0. The predicted molar refractivity (Wildman–Crippen MR) is 87.0 cm³/mol. The van der Waals surface area contributed by atoms with Gasteiger partial charge < -0.3 is 5.11 Å². The molecule has 4 heteroatoms. The van der Waals surface area contributed by atoms with Gasteiger partial charge >= 0.3 is 5.97 Å². The zero-order valence-electron chi connectivity index (χ0n) is 11.8. The van der Waals surface area contributed by atoms with E-state index in [0.29, 0.717) is 0 Å². The van der Waals surface area contributed by atoms with E-state index in [1.165, 1.54) is 17.0 Å². The summed E-state index contributed by atoms with van der Waals surface area (Å²) in [6.07, 6.45) is 9.39. The Kier molecular flexibility index (Phi) is 7.70. The fourth-order valence-electron chi connectivity index (χ4n) is 1.43. The van der Waals surface area contributed by atoms with Crippen molar-refractivity contribution < 1.29 is 9.90 Å². The van der Waals surface area contributed by atoms with Gasteiger partial charge in [0.05, 0.1) is 0 Å². The Morgan fingerprint density at radius 1 is 1.29 bits per heavy atom. The highest BCUT2D eigenvalue weighted by Gasteiger charge is 2.01. The van der Waals surface area contributed by atoms with Crippen LogP contribution in [-0.2, 0) is 4.79 Å². The smallest absolute Gasteiger partial charge is 0.346 e. The summed E-state index contributed by atoms with van der Waals surface area (Å²) in [6, 6.07) is 9.86. The highest BCUT2D eigenvalue weighted by Crippen LogP contribution is 2.19. The zero-order valence-corrected chi connectivity index (χ0v) is 12.6. The van der Waals surface area contributed by atoms with Crippen molar-refractivity contribution >= 4 is 23.8 Å². The molecule has 0 fully saturated rings. The van der Waals surface area contributed by atoms with Crippen LogP contribution in [0.3, 0.4) is 0 Å². The van der Waals surface area contributed by atoms with E-state index in [4.69, 9.17) is 10.4 Å². The fourth-order valence-corrected chi connectivity index (χ4v) is 2.20. The minimum absolute atomic E-state index is 0.281. The van der Waals surface area contributed by atoms with Crippen molar-refractivity contribution in [2.24, 2.45) is 0 Å². The van der Waals surface area contributed by atoms with Gasteiger partial charge in [-0.3, -0.25) is 0 Å². The minimum Gasteiger partial charge on any atom is -0.477 e. The van der Waals surface area contributed by atoms with E-state index in [0.717, 1.165) is 17.7 Å².